The zero-order chi connectivity index (χ0) is 12.0. The van der Waals surface area contributed by atoms with Crippen LogP contribution in [0.25, 0.3) is 0 Å². The van der Waals surface area contributed by atoms with E-state index in [0.29, 0.717) is 0 Å². The van der Waals surface area contributed by atoms with E-state index in [1.807, 2.05) is 0 Å². The van der Waals surface area contributed by atoms with Gasteiger partial charge in [-0.25, -0.2) is 0 Å². The van der Waals surface area contributed by atoms with E-state index >= 15 is 0 Å². The second-order valence-corrected chi connectivity index (χ2v) is 6.29. The van der Waals surface area contributed by atoms with Crippen molar-refractivity contribution < 1.29 is 5.11 Å². The fourth-order valence-corrected chi connectivity index (χ4v) is 2.83. The van der Waals surface area contributed by atoms with Gasteiger partial charge in [-0.15, -0.1) is 0 Å². The number of hydrogen-bond donors (Lipinski definition) is 1. The molecule has 0 aromatic rings. The normalized spacial score (nSPS) is 39.8. The molecule has 2 aliphatic rings. The van der Waals surface area contributed by atoms with Gasteiger partial charge in [0, 0.05) is 0 Å². The molecule has 0 bridgehead atoms. The second-order valence-electron chi connectivity index (χ2n) is 6.29. The van der Waals surface area contributed by atoms with Gasteiger partial charge < -0.3 is 5.11 Å². The molecule has 0 aromatic carbocycles. The molecule has 96 valence electrons. The van der Waals surface area contributed by atoms with Gasteiger partial charge in [0.05, 0.1) is 6.10 Å². The average Bonchev–Trinajstić information content (AvgIpc) is 2.23. The summed E-state index contributed by atoms with van der Waals surface area (Å²) in [5.41, 5.74) is 0. The minimum absolute atomic E-state index is 0.0127. The first-order chi connectivity index (χ1) is 7.58. The summed E-state index contributed by atoms with van der Waals surface area (Å²) < 4.78 is 0. The highest BCUT2D eigenvalue weighted by molar-refractivity contribution is 4.68. The lowest BCUT2D eigenvalue weighted by Crippen LogP contribution is -2.16. The van der Waals surface area contributed by atoms with E-state index in [9.17, 15) is 0 Å². The van der Waals surface area contributed by atoms with Crippen LogP contribution in [0.1, 0.15) is 72.1 Å². The first kappa shape index (κ1) is 14.0. The lowest BCUT2D eigenvalue weighted by Gasteiger charge is -2.22. The van der Waals surface area contributed by atoms with Gasteiger partial charge in [-0.05, 0) is 30.6 Å². The maximum atomic E-state index is 9.08. The van der Waals surface area contributed by atoms with Gasteiger partial charge in [-0.2, -0.15) is 0 Å². The van der Waals surface area contributed by atoms with Gasteiger partial charge >= 0.3 is 0 Å². The highest BCUT2D eigenvalue weighted by Crippen LogP contribution is 2.27. The molecular formula is C15H30O. The summed E-state index contributed by atoms with van der Waals surface area (Å²) in [5, 5.41) is 9.08. The largest absolute Gasteiger partial charge is 0.393 e. The molecule has 0 aromatic heterocycles. The third-order valence-electron chi connectivity index (χ3n) is 4.21. The molecule has 2 atom stereocenters. The molecule has 2 aliphatic carbocycles. The van der Waals surface area contributed by atoms with Crippen LogP contribution in [0.2, 0.25) is 0 Å². The Bertz CT molecular complexity index is 152. The maximum absolute atomic E-state index is 9.08. The highest BCUT2D eigenvalue weighted by Gasteiger charge is 2.15. The molecule has 0 aliphatic heterocycles. The van der Waals surface area contributed by atoms with Crippen molar-refractivity contribution in [3.05, 3.63) is 0 Å². The van der Waals surface area contributed by atoms with Gasteiger partial charge in [0.2, 0.25) is 0 Å². The molecule has 0 radical (unpaired) electrons. The standard InChI is InChI=1S/C8H16.C7H14O/c1-7-3-5-8(2)6-4-7;1-6-3-2-4-7(8)5-6/h7-8H,3-6H2,1-2H3;6-8H,2-5H2,1H3. The van der Waals surface area contributed by atoms with Gasteiger partial charge in [-0.3, -0.25) is 0 Å². The molecule has 2 unspecified atom stereocenters. The number of aliphatic hydroxyl groups is 1. The number of hydrogen-bond acceptors (Lipinski definition) is 1. The molecule has 0 spiro atoms. The average molecular weight is 226 g/mol. The van der Waals surface area contributed by atoms with Gasteiger partial charge in [0.25, 0.3) is 0 Å². The number of aliphatic hydroxyl groups excluding tert-OH is 1. The molecule has 2 saturated carbocycles. The molecular weight excluding hydrogens is 196 g/mol. The SMILES string of the molecule is CC1CCC(C)CC1.CC1CCCC(O)C1. The van der Waals surface area contributed by atoms with Crippen molar-refractivity contribution in [3.8, 4) is 0 Å². The van der Waals surface area contributed by atoms with Crippen molar-refractivity contribution in [2.24, 2.45) is 17.8 Å². The summed E-state index contributed by atoms with van der Waals surface area (Å²) in [5.74, 6) is 2.80. The van der Waals surface area contributed by atoms with Crippen LogP contribution < -0.4 is 0 Å². The topological polar surface area (TPSA) is 20.2 Å². The van der Waals surface area contributed by atoms with Crippen molar-refractivity contribution in [2.75, 3.05) is 0 Å². The van der Waals surface area contributed by atoms with E-state index in [2.05, 4.69) is 20.8 Å². The first-order valence-corrected chi connectivity index (χ1v) is 7.26. The van der Waals surface area contributed by atoms with E-state index in [1.165, 1.54) is 38.5 Å². The maximum Gasteiger partial charge on any atom is 0.0542 e. The van der Waals surface area contributed by atoms with Crippen LogP contribution in [0, 0.1) is 17.8 Å². The Hall–Kier alpha value is -0.0400. The van der Waals surface area contributed by atoms with E-state index in [0.717, 1.165) is 30.6 Å². The summed E-state index contributed by atoms with van der Waals surface area (Å²) in [4.78, 5) is 0. The molecule has 16 heavy (non-hydrogen) atoms. The van der Waals surface area contributed by atoms with Crippen molar-refractivity contribution in [2.45, 2.75) is 78.2 Å². The van der Waals surface area contributed by atoms with Crippen molar-refractivity contribution >= 4 is 0 Å². The molecule has 2 fully saturated rings. The minimum Gasteiger partial charge on any atom is -0.393 e. The fourth-order valence-electron chi connectivity index (χ4n) is 2.83. The molecule has 1 nitrogen and oxygen atoms in total. The van der Waals surface area contributed by atoms with Crippen molar-refractivity contribution in [1.29, 1.82) is 0 Å². The molecule has 2 rings (SSSR count). The molecule has 0 heterocycles. The van der Waals surface area contributed by atoms with E-state index < -0.39 is 0 Å². The Kier molecular flexibility index (Phi) is 6.41. The van der Waals surface area contributed by atoms with Crippen LogP contribution in [0.4, 0.5) is 0 Å². The lowest BCUT2D eigenvalue weighted by molar-refractivity contribution is 0.106. The summed E-state index contributed by atoms with van der Waals surface area (Å²) in [7, 11) is 0. The fraction of sp³-hybridized carbons (Fsp3) is 1.00. The van der Waals surface area contributed by atoms with Crippen LogP contribution in [-0.2, 0) is 0 Å². The van der Waals surface area contributed by atoms with E-state index in [-0.39, 0.29) is 6.10 Å². The zero-order valence-corrected chi connectivity index (χ0v) is 11.4. The van der Waals surface area contributed by atoms with E-state index in [4.69, 9.17) is 5.11 Å². The van der Waals surface area contributed by atoms with Crippen LogP contribution in [0.5, 0.6) is 0 Å². The highest BCUT2D eigenvalue weighted by atomic mass is 16.3. The summed E-state index contributed by atoms with van der Waals surface area (Å²) >= 11 is 0. The predicted molar refractivity (Wildman–Crippen MR) is 70.4 cm³/mol. The Morgan fingerprint density at radius 3 is 1.50 bits per heavy atom. The summed E-state index contributed by atoms with van der Waals surface area (Å²) in [6.45, 7) is 6.94. The van der Waals surface area contributed by atoms with Gasteiger partial charge in [-0.1, -0.05) is 59.3 Å². The minimum atomic E-state index is 0.0127. The summed E-state index contributed by atoms with van der Waals surface area (Å²) in [6, 6.07) is 0. The lowest BCUT2D eigenvalue weighted by atomic mass is 9.84. The monoisotopic (exact) mass is 226 g/mol. The van der Waals surface area contributed by atoms with Crippen LogP contribution in [0.15, 0.2) is 0 Å². The third-order valence-corrected chi connectivity index (χ3v) is 4.21. The first-order valence-electron chi connectivity index (χ1n) is 7.26. The smallest absolute Gasteiger partial charge is 0.0542 e. The van der Waals surface area contributed by atoms with Crippen molar-refractivity contribution in [1.82, 2.24) is 0 Å². The molecule has 0 amide bonds. The quantitative estimate of drug-likeness (QED) is 0.649. The van der Waals surface area contributed by atoms with Gasteiger partial charge in [0.15, 0.2) is 0 Å². The van der Waals surface area contributed by atoms with Crippen molar-refractivity contribution in [3.63, 3.8) is 0 Å². The van der Waals surface area contributed by atoms with Crippen LogP contribution >= 0.6 is 0 Å². The Morgan fingerprint density at radius 1 is 0.688 bits per heavy atom. The second kappa shape index (κ2) is 7.32. The third kappa shape index (κ3) is 5.89. The number of rotatable bonds is 0. The molecule has 0 saturated heterocycles. The van der Waals surface area contributed by atoms with E-state index in [1.54, 1.807) is 0 Å². The zero-order valence-electron chi connectivity index (χ0n) is 11.4. The van der Waals surface area contributed by atoms with Gasteiger partial charge in [0.1, 0.15) is 0 Å². The Labute approximate surface area is 102 Å². The Balaban J connectivity index is 0.000000160. The van der Waals surface area contributed by atoms with Crippen LogP contribution in [-0.4, -0.2) is 11.2 Å². The summed E-state index contributed by atoms with van der Waals surface area (Å²) in [6.07, 6.45) is 10.5. The Morgan fingerprint density at radius 2 is 1.19 bits per heavy atom. The molecule has 1 heteroatoms. The predicted octanol–water partition coefficient (Wildman–Crippen LogP) is 4.39. The van der Waals surface area contributed by atoms with Crippen LogP contribution in [0.3, 0.4) is 0 Å². The molecule has 1 N–H and O–H groups in total.